The van der Waals surface area contributed by atoms with Crippen LogP contribution in [0.5, 0.6) is 11.6 Å². The topological polar surface area (TPSA) is 47.0 Å². The summed E-state index contributed by atoms with van der Waals surface area (Å²) >= 11 is 6.19. The Balaban J connectivity index is 2.13. The molecule has 0 atom stereocenters. The molecule has 106 valence electrons. The van der Waals surface area contributed by atoms with Crippen LogP contribution in [-0.2, 0) is 0 Å². The number of hydrogen-bond donors (Lipinski definition) is 1. The van der Waals surface area contributed by atoms with Gasteiger partial charge in [0.15, 0.2) is 0 Å². The van der Waals surface area contributed by atoms with Gasteiger partial charge in [-0.15, -0.1) is 0 Å². The highest BCUT2D eigenvalue weighted by atomic mass is 35.5. The van der Waals surface area contributed by atoms with Gasteiger partial charge in [-0.25, -0.2) is 4.98 Å². The van der Waals surface area contributed by atoms with Crippen molar-refractivity contribution >= 4 is 28.5 Å². The number of anilines is 1. The molecule has 2 aromatic carbocycles. The maximum Gasteiger partial charge on any atom is 0.232 e. The molecule has 1 N–H and O–H groups in total. The standard InChI is InChI=1S/C16H14ClN3O/c1-10-7-8-12(17)14(9-10)21-15-11-5-3-4-6-13(11)19-16(18-2)20-15/h3-9H,1-2H3,(H,18,19,20). The highest BCUT2D eigenvalue weighted by Crippen LogP contribution is 2.33. The number of hydrogen-bond acceptors (Lipinski definition) is 4. The van der Waals surface area contributed by atoms with E-state index in [0.29, 0.717) is 22.6 Å². The average Bonchev–Trinajstić information content (AvgIpc) is 2.50. The van der Waals surface area contributed by atoms with Crippen molar-refractivity contribution in [2.45, 2.75) is 6.92 Å². The van der Waals surface area contributed by atoms with Crippen molar-refractivity contribution < 1.29 is 4.74 Å². The SMILES string of the molecule is CNc1nc(Oc2cc(C)ccc2Cl)c2ccccc2n1. The van der Waals surface area contributed by atoms with Gasteiger partial charge < -0.3 is 10.1 Å². The maximum absolute atomic E-state index is 6.19. The lowest BCUT2D eigenvalue weighted by Gasteiger charge is -2.11. The number of para-hydroxylation sites is 1. The predicted molar refractivity (Wildman–Crippen MR) is 85.3 cm³/mol. The molecule has 0 aliphatic heterocycles. The maximum atomic E-state index is 6.19. The molecule has 1 aromatic heterocycles. The zero-order chi connectivity index (χ0) is 14.8. The number of nitrogens with zero attached hydrogens (tertiary/aromatic N) is 2. The molecule has 0 bridgehead atoms. The molecule has 0 amide bonds. The van der Waals surface area contributed by atoms with Crippen molar-refractivity contribution in [1.29, 1.82) is 0 Å². The molecule has 0 saturated heterocycles. The third-order valence-corrected chi connectivity index (χ3v) is 3.40. The van der Waals surface area contributed by atoms with E-state index >= 15 is 0 Å². The number of ether oxygens (including phenoxy) is 1. The third kappa shape index (κ3) is 2.76. The first-order valence-corrected chi connectivity index (χ1v) is 6.94. The van der Waals surface area contributed by atoms with Crippen LogP contribution in [0.25, 0.3) is 10.9 Å². The summed E-state index contributed by atoms with van der Waals surface area (Å²) in [6.45, 7) is 1.99. The van der Waals surface area contributed by atoms with Crippen molar-refractivity contribution in [3.05, 3.63) is 53.1 Å². The lowest BCUT2D eigenvalue weighted by molar-refractivity contribution is 0.469. The average molecular weight is 300 g/mol. The molecular weight excluding hydrogens is 286 g/mol. The number of aromatic nitrogens is 2. The fraction of sp³-hybridized carbons (Fsp3) is 0.125. The van der Waals surface area contributed by atoms with Crippen LogP contribution in [-0.4, -0.2) is 17.0 Å². The summed E-state index contributed by atoms with van der Waals surface area (Å²) in [5.74, 6) is 1.58. The van der Waals surface area contributed by atoms with E-state index in [1.54, 1.807) is 7.05 Å². The van der Waals surface area contributed by atoms with Crippen LogP contribution in [0.15, 0.2) is 42.5 Å². The van der Waals surface area contributed by atoms with Crippen LogP contribution in [0.3, 0.4) is 0 Å². The summed E-state index contributed by atoms with van der Waals surface area (Å²) in [6.07, 6.45) is 0. The van der Waals surface area contributed by atoms with Gasteiger partial charge in [-0.05, 0) is 36.8 Å². The first-order valence-electron chi connectivity index (χ1n) is 6.56. The van der Waals surface area contributed by atoms with Gasteiger partial charge in [0.25, 0.3) is 0 Å². The fourth-order valence-corrected chi connectivity index (χ4v) is 2.19. The zero-order valence-corrected chi connectivity index (χ0v) is 12.5. The first kappa shape index (κ1) is 13.6. The molecule has 4 nitrogen and oxygen atoms in total. The summed E-state index contributed by atoms with van der Waals surface area (Å²) in [7, 11) is 1.77. The number of benzene rings is 2. The van der Waals surface area contributed by atoms with E-state index in [1.807, 2.05) is 49.4 Å². The van der Waals surface area contributed by atoms with Gasteiger partial charge in [-0.2, -0.15) is 4.98 Å². The summed E-state index contributed by atoms with van der Waals surface area (Å²) in [4.78, 5) is 8.78. The molecule has 5 heteroatoms. The van der Waals surface area contributed by atoms with E-state index in [9.17, 15) is 0 Å². The zero-order valence-electron chi connectivity index (χ0n) is 11.7. The Morgan fingerprint density at radius 2 is 1.90 bits per heavy atom. The van der Waals surface area contributed by atoms with Crippen LogP contribution >= 0.6 is 11.6 Å². The minimum absolute atomic E-state index is 0.484. The molecule has 0 fully saturated rings. The van der Waals surface area contributed by atoms with Crippen molar-refractivity contribution in [3.63, 3.8) is 0 Å². The Kier molecular flexibility index (Phi) is 3.62. The van der Waals surface area contributed by atoms with Crippen molar-refractivity contribution in [3.8, 4) is 11.6 Å². The molecule has 1 heterocycles. The van der Waals surface area contributed by atoms with E-state index in [0.717, 1.165) is 16.5 Å². The molecule has 0 spiro atoms. The van der Waals surface area contributed by atoms with Crippen molar-refractivity contribution in [2.24, 2.45) is 0 Å². The molecule has 0 radical (unpaired) electrons. The first-order chi connectivity index (χ1) is 10.2. The van der Waals surface area contributed by atoms with E-state index in [-0.39, 0.29) is 0 Å². The molecule has 0 saturated carbocycles. The van der Waals surface area contributed by atoms with Gasteiger partial charge >= 0.3 is 0 Å². The molecule has 3 aromatic rings. The van der Waals surface area contributed by atoms with Crippen LogP contribution in [0.2, 0.25) is 5.02 Å². The Labute approximate surface area is 127 Å². The third-order valence-electron chi connectivity index (χ3n) is 3.09. The lowest BCUT2D eigenvalue weighted by atomic mass is 10.2. The number of nitrogens with one attached hydrogen (secondary N) is 1. The summed E-state index contributed by atoms with van der Waals surface area (Å²) in [5, 5.41) is 4.33. The molecular formula is C16H14ClN3O. The number of aryl methyl sites for hydroxylation is 1. The smallest absolute Gasteiger partial charge is 0.232 e. The monoisotopic (exact) mass is 299 g/mol. The van der Waals surface area contributed by atoms with E-state index in [1.165, 1.54) is 0 Å². The summed E-state index contributed by atoms with van der Waals surface area (Å²) in [6, 6.07) is 13.3. The quantitative estimate of drug-likeness (QED) is 0.777. The van der Waals surface area contributed by atoms with Gasteiger partial charge in [0.2, 0.25) is 11.8 Å². The molecule has 0 aliphatic rings. The van der Waals surface area contributed by atoms with Gasteiger partial charge in [0.05, 0.1) is 15.9 Å². The lowest BCUT2D eigenvalue weighted by Crippen LogP contribution is -1.99. The Hall–Kier alpha value is -2.33. The molecule has 0 aliphatic carbocycles. The normalized spacial score (nSPS) is 10.6. The van der Waals surface area contributed by atoms with E-state index in [4.69, 9.17) is 16.3 Å². The molecule has 0 unspecified atom stereocenters. The fourth-order valence-electron chi connectivity index (χ4n) is 2.03. The van der Waals surface area contributed by atoms with Gasteiger partial charge in [0.1, 0.15) is 5.75 Å². The van der Waals surface area contributed by atoms with Crippen LogP contribution in [0.4, 0.5) is 5.95 Å². The highest BCUT2D eigenvalue weighted by molar-refractivity contribution is 6.32. The highest BCUT2D eigenvalue weighted by Gasteiger charge is 2.11. The van der Waals surface area contributed by atoms with E-state index in [2.05, 4.69) is 15.3 Å². The minimum Gasteiger partial charge on any atom is -0.437 e. The second-order valence-electron chi connectivity index (χ2n) is 4.66. The molecule has 3 rings (SSSR count). The van der Waals surface area contributed by atoms with Crippen LogP contribution in [0, 0.1) is 6.92 Å². The van der Waals surface area contributed by atoms with Crippen molar-refractivity contribution in [2.75, 3.05) is 12.4 Å². The second-order valence-corrected chi connectivity index (χ2v) is 5.06. The summed E-state index contributed by atoms with van der Waals surface area (Å²) < 4.78 is 5.92. The van der Waals surface area contributed by atoms with Gasteiger partial charge in [-0.1, -0.05) is 29.8 Å². The largest absolute Gasteiger partial charge is 0.437 e. The Morgan fingerprint density at radius 1 is 1.10 bits per heavy atom. The Bertz CT molecular complexity index is 805. The number of rotatable bonds is 3. The van der Waals surface area contributed by atoms with Gasteiger partial charge in [-0.3, -0.25) is 0 Å². The molecule has 21 heavy (non-hydrogen) atoms. The second kappa shape index (κ2) is 5.58. The predicted octanol–water partition coefficient (Wildman–Crippen LogP) is 4.43. The van der Waals surface area contributed by atoms with Crippen LogP contribution < -0.4 is 10.1 Å². The Morgan fingerprint density at radius 3 is 2.71 bits per heavy atom. The number of fused-ring (bicyclic) bond motifs is 1. The minimum atomic E-state index is 0.484. The summed E-state index contributed by atoms with van der Waals surface area (Å²) in [5.41, 5.74) is 1.89. The van der Waals surface area contributed by atoms with Crippen molar-refractivity contribution in [1.82, 2.24) is 9.97 Å². The van der Waals surface area contributed by atoms with Gasteiger partial charge in [0, 0.05) is 7.05 Å². The number of halogens is 1. The van der Waals surface area contributed by atoms with E-state index < -0.39 is 0 Å². The van der Waals surface area contributed by atoms with Crippen LogP contribution in [0.1, 0.15) is 5.56 Å².